The van der Waals surface area contributed by atoms with Crippen molar-refractivity contribution in [1.82, 2.24) is 0 Å². The Balaban J connectivity index is 1.97. The van der Waals surface area contributed by atoms with Crippen LogP contribution in [0, 0.1) is 11.7 Å². The number of nitrogens with one attached hydrogen (secondary N) is 1. The van der Waals surface area contributed by atoms with Crippen molar-refractivity contribution in [3.8, 4) is 11.3 Å². The van der Waals surface area contributed by atoms with E-state index in [4.69, 9.17) is 9.15 Å². The van der Waals surface area contributed by atoms with Gasteiger partial charge in [-0.3, -0.25) is 4.79 Å². The van der Waals surface area contributed by atoms with Gasteiger partial charge in [0.2, 0.25) is 0 Å². The predicted molar refractivity (Wildman–Crippen MR) is 104 cm³/mol. The molecule has 2 aromatic carbocycles. The number of carbonyl (C=O) groups is 2. The molecule has 0 aliphatic carbocycles. The molecule has 1 N–H and O–H groups in total. The number of carbonyl (C=O) groups excluding carboxylic acids is 2. The Labute approximate surface area is 161 Å². The SMILES string of the molecule is CCOC(=O)c1c(-c2ccc(F)cc2)oc2cc3c(cc12)C(=O)C(C)CCN3. The maximum atomic E-state index is 13.3. The molecule has 1 aromatic heterocycles. The molecule has 0 fully saturated rings. The van der Waals surface area contributed by atoms with Gasteiger partial charge in [0, 0.05) is 40.7 Å². The van der Waals surface area contributed by atoms with Crippen LogP contribution in [0.15, 0.2) is 40.8 Å². The second kappa shape index (κ2) is 7.11. The number of hydrogen-bond donors (Lipinski definition) is 1. The van der Waals surface area contributed by atoms with Crippen LogP contribution in [0.4, 0.5) is 10.1 Å². The van der Waals surface area contributed by atoms with Crippen LogP contribution < -0.4 is 5.32 Å². The molecular formula is C22H20FNO4. The van der Waals surface area contributed by atoms with Crippen molar-refractivity contribution in [2.24, 2.45) is 5.92 Å². The van der Waals surface area contributed by atoms with Gasteiger partial charge in [0.15, 0.2) is 5.78 Å². The molecule has 3 aromatic rings. The monoisotopic (exact) mass is 381 g/mol. The molecule has 144 valence electrons. The summed E-state index contributed by atoms with van der Waals surface area (Å²) in [5.74, 6) is -0.702. The second-order valence-electron chi connectivity index (χ2n) is 6.91. The molecule has 0 saturated heterocycles. The first kappa shape index (κ1) is 18.2. The zero-order valence-corrected chi connectivity index (χ0v) is 15.7. The second-order valence-corrected chi connectivity index (χ2v) is 6.91. The normalized spacial score (nSPS) is 16.4. The first-order chi connectivity index (χ1) is 13.5. The number of fused-ring (bicyclic) bond motifs is 2. The van der Waals surface area contributed by atoms with Gasteiger partial charge in [-0.05, 0) is 43.7 Å². The zero-order chi connectivity index (χ0) is 19.8. The minimum absolute atomic E-state index is 0.0289. The van der Waals surface area contributed by atoms with E-state index in [-0.39, 0.29) is 29.7 Å². The number of halogens is 1. The molecule has 5 nitrogen and oxygen atoms in total. The number of benzene rings is 2. The Morgan fingerprint density at radius 3 is 2.75 bits per heavy atom. The lowest BCUT2D eigenvalue weighted by atomic mass is 9.95. The maximum absolute atomic E-state index is 13.3. The molecule has 4 rings (SSSR count). The van der Waals surface area contributed by atoms with E-state index in [0.717, 1.165) is 6.42 Å². The van der Waals surface area contributed by atoms with Gasteiger partial charge in [0.1, 0.15) is 22.7 Å². The molecular weight excluding hydrogens is 361 g/mol. The summed E-state index contributed by atoms with van der Waals surface area (Å²) < 4.78 is 24.6. The van der Waals surface area contributed by atoms with Crippen LogP contribution in [-0.4, -0.2) is 24.9 Å². The molecule has 0 radical (unpaired) electrons. The van der Waals surface area contributed by atoms with Gasteiger partial charge >= 0.3 is 5.97 Å². The van der Waals surface area contributed by atoms with Crippen LogP contribution in [0.3, 0.4) is 0 Å². The van der Waals surface area contributed by atoms with E-state index in [0.29, 0.717) is 40.1 Å². The Bertz CT molecular complexity index is 1070. The number of hydrogen-bond acceptors (Lipinski definition) is 5. The van der Waals surface area contributed by atoms with Crippen molar-refractivity contribution in [2.45, 2.75) is 20.3 Å². The summed E-state index contributed by atoms with van der Waals surface area (Å²) in [7, 11) is 0. The third kappa shape index (κ3) is 3.05. The van der Waals surface area contributed by atoms with Crippen molar-refractivity contribution in [3.63, 3.8) is 0 Å². The topological polar surface area (TPSA) is 68.5 Å². The smallest absolute Gasteiger partial charge is 0.342 e. The number of ketones is 1. The van der Waals surface area contributed by atoms with Crippen molar-refractivity contribution >= 4 is 28.4 Å². The van der Waals surface area contributed by atoms with E-state index in [1.165, 1.54) is 12.1 Å². The average Bonchev–Trinajstić information content (AvgIpc) is 2.99. The molecule has 0 amide bonds. The minimum atomic E-state index is -0.539. The molecule has 0 spiro atoms. The van der Waals surface area contributed by atoms with Gasteiger partial charge in [0.05, 0.1) is 6.61 Å². The average molecular weight is 381 g/mol. The van der Waals surface area contributed by atoms with Gasteiger partial charge in [-0.25, -0.2) is 9.18 Å². The Hall–Kier alpha value is -3.15. The third-order valence-electron chi connectivity index (χ3n) is 5.02. The Morgan fingerprint density at radius 2 is 2.04 bits per heavy atom. The molecule has 6 heteroatoms. The standard InChI is InChI=1S/C22H20FNO4/c1-3-27-22(26)19-16-10-15-17(24-9-8-12(2)20(15)25)11-18(16)28-21(19)13-4-6-14(23)7-5-13/h4-7,10-12,24H,3,8-9H2,1-2H3. The van der Waals surface area contributed by atoms with Crippen LogP contribution in [0.1, 0.15) is 41.0 Å². The first-order valence-electron chi connectivity index (χ1n) is 9.31. The number of esters is 1. The van der Waals surface area contributed by atoms with Crippen molar-refractivity contribution in [3.05, 3.63) is 53.3 Å². The molecule has 28 heavy (non-hydrogen) atoms. The highest BCUT2D eigenvalue weighted by atomic mass is 19.1. The number of Topliss-reactive ketones (excluding diaryl/α,β-unsaturated/α-hetero) is 1. The summed E-state index contributed by atoms with van der Waals surface area (Å²) in [5.41, 5.74) is 2.50. The predicted octanol–water partition coefficient (Wildman–Crippen LogP) is 5.05. The Kier molecular flexibility index (Phi) is 4.63. The molecule has 0 saturated carbocycles. The highest BCUT2D eigenvalue weighted by Crippen LogP contribution is 2.38. The van der Waals surface area contributed by atoms with Gasteiger partial charge < -0.3 is 14.5 Å². The van der Waals surface area contributed by atoms with Crippen molar-refractivity contribution < 1.29 is 23.1 Å². The van der Waals surface area contributed by atoms with E-state index in [9.17, 15) is 14.0 Å². The van der Waals surface area contributed by atoms with E-state index in [1.807, 2.05) is 6.92 Å². The highest BCUT2D eigenvalue weighted by Gasteiger charge is 2.28. The fraction of sp³-hybridized carbons (Fsp3) is 0.273. The van der Waals surface area contributed by atoms with Crippen LogP contribution in [0.25, 0.3) is 22.3 Å². The number of ether oxygens (including phenoxy) is 1. The van der Waals surface area contributed by atoms with Crippen molar-refractivity contribution in [2.75, 3.05) is 18.5 Å². The first-order valence-corrected chi connectivity index (χ1v) is 9.31. The van der Waals surface area contributed by atoms with E-state index in [1.54, 1.807) is 31.2 Å². The fourth-order valence-electron chi connectivity index (χ4n) is 3.52. The summed E-state index contributed by atoms with van der Waals surface area (Å²) in [6.07, 6.45) is 0.737. The van der Waals surface area contributed by atoms with Gasteiger partial charge in [-0.15, -0.1) is 0 Å². The minimum Gasteiger partial charge on any atom is -0.462 e. The molecule has 1 atom stereocenters. The molecule has 2 heterocycles. The summed E-state index contributed by atoms with van der Waals surface area (Å²) in [5, 5.41) is 3.78. The van der Waals surface area contributed by atoms with Gasteiger partial charge in [0.25, 0.3) is 0 Å². The molecule has 1 aliphatic heterocycles. The van der Waals surface area contributed by atoms with Crippen LogP contribution in [-0.2, 0) is 4.74 Å². The molecule has 0 bridgehead atoms. The highest BCUT2D eigenvalue weighted by molar-refractivity contribution is 6.13. The van der Waals surface area contributed by atoms with Crippen LogP contribution in [0.5, 0.6) is 0 Å². The van der Waals surface area contributed by atoms with E-state index < -0.39 is 5.97 Å². The number of rotatable bonds is 3. The zero-order valence-electron chi connectivity index (χ0n) is 15.7. The largest absolute Gasteiger partial charge is 0.462 e. The lowest BCUT2D eigenvalue weighted by Gasteiger charge is -2.08. The van der Waals surface area contributed by atoms with Gasteiger partial charge in [-0.1, -0.05) is 6.92 Å². The van der Waals surface area contributed by atoms with E-state index >= 15 is 0 Å². The lowest BCUT2D eigenvalue weighted by Crippen LogP contribution is -2.10. The summed E-state index contributed by atoms with van der Waals surface area (Å²) in [6.45, 7) is 4.51. The summed E-state index contributed by atoms with van der Waals surface area (Å²) in [4.78, 5) is 25.5. The van der Waals surface area contributed by atoms with Crippen LogP contribution in [0.2, 0.25) is 0 Å². The summed E-state index contributed by atoms with van der Waals surface area (Å²) in [6, 6.07) is 9.15. The number of anilines is 1. The van der Waals surface area contributed by atoms with Gasteiger partial charge in [-0.2, -0.15) is 0 Å². The van der Waals surface area contributed by atoms with Crippen molar-refractivity contribution in [1.29, 1.82) is 0 Å². The lowest BCUT2D eigenvalue weighted by molar-refractivity contribution is 0.0528. The maximum Gasteiger partial charge on any atom is 0.342 e. The van der Waals surface area contributed by atoms with Crippen LogP contribution >= 0.6 is 0 Å². The summed E-state index contributed by atoms with van der Waals surface area (Å²) >= 11 is 0. The number of furan rings is 1. The molecule has 1 aliphatic rings. The molecule has 1 unspecified atom stereocenters. The van der Waals surface area contributed by atoms with E-state index in [2.05, 4.69) is 5.32 Å². The fourth-order valence-corrected chi connectivity index (χ4v) is 3.52. The Morgan fingerprint density at radius 1 is 1.29 bits per heavy atom. The third-order valence-corrected chi connectivity index (χ3v) is 5.02. The quantitative estimate of drug-likeness (QED) is 0.643.